The van der Waals surface area contributed by atoms with E-state index in [1.807, 2.05) is 19.2 Å². The number of piperazine rings is 1. The molecule has 0 bridgehead atoms. The zero-order valence-electron chi connectivity index (χ0n) is 20.0. The Morgan fingerprint density at radius 1 is 0.943 bits per heavy atom. The number of carbonyl (C=O) groups is 2. The molecule has 3 N–H and O–H groups in total. The van der Waals surface area contributed by atoms with E-state index in [2.05, 4.69) is 20.9 Å². The molecule has 4 rings (SSSR count). The molecule has 0 aromatic heterocycles. The van der Waals surface area contributed by atoms with E-state index in [1.165, 1.54) is 36.4 Å². The summed E-state index contributed by atoms with van der Waals surface area (Å²) in [5.41, 5.74) is 1.45. The predicted molar refractivity (Wildman–Crippen MR) is 130 cm³/mol. The highest BCUT2D eigenvalue weighted by Gasteiger charge is 2.37. The van der Waals surface area contributed by atoms with Crippen molar-refractivity contribution >= 4 is 11.8 Å². The van der Waals surface area contributed by atoms with Crippen LogP contribution in [0.25, 0.3) is 0 Å². The highest BCUT2D eigenvalue weighted by molar-refractivity contribution is 5.97. The molecule has 3 atom stereocenters. The van der Waals surface area contributed by atoms with Gasteiger partial charge in [0.05, 0.1) is 0 Å². The van der Waals surface area contributed by atoms with Crippen molar-refractivity contribution in [3.8, 4) is 0 Å². The summed E-state index contributed by atoms with van der Waals surface area (Å²) < 4.78 is 26.3. The maximum absolute atomic E-state index is 13.2. The number of amides is 2. The monoisotopic (exact) mass is 485 g/mol. The number of hydrogen-bond acceptors (Lipinski definition) is 5. The van der Waals surface area contributed by atoms with Crippen LogP contribution in [0.5, 0.6) is 0 Å². The molecule has 1 aliphatic heterocycles. The Hall–Kier alpha value is -2.88. The lowest BCUT2D eigenvalue weighted by molar-refractivity contribution is -0.134. The largest absolute Gasteiger partial charge is 0.339 e. The summed E-state index contributed by atoms with van der Waals surface area (Å²) in [4.78, 5) is 29.8. The maximum Gasteiger partial charge on any atom is 0.251 e. The molecule has 2 fully saturated rings. The van der Waals surface area contributed by atoms with Gasteiger partial charge in [0, 0.05) is 63.3 Å². The first-order valence-electron chi connectivity index (χ1n) is 12.1. The molecule has 0 spiro atoms. The van der Waals surface area contributed by atoms with Crippen molar-refractivity contribution in [2.45, 2.75) is 24.4 Å². The van der Waals surface area contributed by atoms with Crippen LogP contribution in [0.15, 0.2) is 48.5 Å². The van der Waals surface area contributed by atoms with Crippen molar-refractivity contribution in [1.82, 2.24) is 25.8 Å². The van der Waals surface area contributed by atoms with E-state index < -0.39 is 17.8 Å². The number of hydrogen-bond donors (Lipinski definition) is 3. The van der Waals surface area contributed by atoms with E-state index in [-0.39, 0.29) is 11.7 Å². The van der Waals surface area contributed by atoms with Gasteiger partial charge in [-0.15, -0.1) is 0 Å². The number of nitrogens with zero attached hydrogens (tertiary/aromatic N) is 2. The van der Waals surface area contributed by atoms with Crippen LogP contribution in [0, 0.1) is 11.6 Å². The minimum atomic E-state index is -0.719. The standard InChI is InChI=1S/C26H33F2N5O2/c1-32-12-14-33(15-13-32)26(35)24(31-25(34)19-4-8-21(28)9-5-19)17-29-10-11-30-23-16-22(23)18-2-6-20(27)7-3-18/h2-9,22-24,29-30H,10-17H2,1H3,(H,31,34)/t22-,23?,24-/m0/s1. The molecule has 2 aromatic carbocycles. The molecule has 9 heteroatoms. The summed E-state index contributed by atoms with van der Waals surface area (Å²) in [5, 5.41) is 9.59. The highest BCUT2D eigenvalue weighted by Crippen LogP contribution is 2.40. The summed E-state index contributed by atoms with van der Waals surface area (Å²) in [5.74, 6) is -0.768. The minimum absolute atomic E-state index is 0.118. The molecule has 2 amide bonds. The summed E-state index contributed by atoms with van der Waals surface area (Å²) in [7, 11) is 2.02. The van der Waals surface area contributed by atoms with Crippen LogP contribution in [0.1, 0.15) is 28.3 Å². The quantitative estimate of drug-likeness (QED) is 0.446. The van der Waals surface area contributed by atoms with Gasteiger partial charge < -0.3 is 25.8 Å². The van der Waals surface area contributed by atoms with Gasteiger partial charge in [0.25, 0.3) is 5.91 Å². The van der Waals surface area contributed by atoms with Crippen molar-refractivity contribution in [1.29, 1.82) is 0 Å². The van der Waals surface area contributed by atoms with Gasteiger partial charge in [0.1, 0.15) is 17.7 Å². The molecule has 35 heavy (non-hydrogen) atoms. The summed E-state index contributed by atoms with van der Waals surface area (Å²) >= 11 is 0. The van der Waals surface area contributed by atoms with Crippen molar-refractivity contribution in [2.24, 2.45) is 0 Å². The molecular weight excluding hydrogens is 452 g/mol. The number of rotatable bonds is 10. The Morgan fingerprint density at radius 2 is 1.57 bits per heavy atom. The zero-order valence-corrected chi connectivity index (χ0v) is 20.0. The van der Waals surface area contributed by atoms with E-state index in [9.17, 15) is 18.4 Å². The number of carbonyl (C=O) groups excluding carboxylic acids is 2. The van der Waals surface area contributed by atoms with Gasteiger partial charge in [-0.3, -0.25) is 9.59 Å². The number of nitrogens with one attached hydrogen (secondary N) is 3. The van der Waals surface area contributed by atoms with Crippen LogP contribution in [0.2, 0.25) is 0 Å². The molecule has 2 aromatic rings. The number of halogens is 2. The molecular formula is C26H33F2N5O2. The summed E-state index contributed by atoms with van der Waals surface area (Å²) in [6, 6.07) is 11.6. The van der Waals surface area contributed by atoms with Crippen LogP contribution >= 0.6 is 0 Å². The average Bonchev–Trinajstić information content (AvgIpc) is 3.63. The predicted octanol–water partition coefficient (Wildman–Crippen LogP) is 1.57. The fourth-order valence-electron chi connectivity index (χ4n) is 4.38. The molecule has 0 radical (unpaired) electrons. The molecule has 1 saturated heterocycles. The smallest absolute Gasteiger partial charge is 0.251 e. The Bertz CT molecular complexity index is 994. The molecule has 1 saturated carbocycles. The van der Waals surface area contributed by atoms with Gasteiger partial charge >= 0.3 is 0 Å². The second-order valence-electron chi connectivity index (χ2n) is 9.32. The third-order valence-electron chi connectivity index (χ3n) is 6.67. The van der Waals surface area contributed by atoms with Crippen LogP contribution in [-0.4, -0.2) is 86.6 Å². The lowest BCUT2D eigenvalue weighted by Crippen LogP contribution is -2.57. The fraction of sp³-hybridized carbons (Fsp3) is 0.462. The summed E-state index contributed by atoms with van der Waals surface area (Å²) in [6.07, 6.45) is 1.02. The number of benzene rings is 2. The first-order chi connectivity index (χ1) is 16.9. The van der Waals surface area contributed by atoms with E-state index in [0.29, 0.717) is 50.2 Å². The van der Waals surface area contributed by atoms with Gasteiger partial charge in [0.2, 0.25) is 5.91 Å². The molecule has 1 aliphatic carbocycles. The Kier molecular flexibility index (Phi) is 8.43. The third-order valence-corrected chi connectivity index (χ3v) is 6.67. The molecule has 7 nitrogen and oxygen atoms in total. The third kappa shape index (κ3) is 7.06. The highest BCUT2D eigenvalue weighted by atomic mass is 19.1. The Morgan fingerprint density at radius 3 is 2.23 bits per heavy atom. The van der Waals surface area contributed by atoms with Crippen LogP contribution in [-0.2, 0) is 4.79 Å². The lowest BCUT2D eigenvalue weighted by Gasteiger charge is -2.34. The van der Waals surface area contributed by atoms with Crippen molar-refractivity contribution in [3.63, 3.8) is 0 Å². The van der Waals surface area contributed by atoms with Gasteiger partial charge in [-0.25, -0.2) is 8.78 Å². The average molecular weight is 486 g/mol. The van der Waals surface area contributed by atoms with Crippen molar-refractivity contribution < 1.29 is 18.4 Å². The molecule has 1 heterocycles. The van der Waals surface area contributed by atoms with Crippen molar-refractivity contribution in [3.05, 3.63) is 71.3 Å². The van der Waals surface area contributed by atoms with Gasteiger partial charge in [-0.05, 0) is 55.4 Å². The van der Waals surface area contributed by atoms with E-state index in [4.69, 9.17) is 0 Å². The van der Waals surface area contributed by atoms with E-state index >= 15 is 0 Å². The second kappa shape index (κ2) is 11.7. The number of likely N-dealkylation sites (N-methyl/N-ethyl adjacent to an activating group) is 1. The Labute approximate surface area is 204 Å². The fourth-order valence-corrected chi connectivity index (χ4v) is 4.38. The van der Waals surface area contributed by atoms with E-state index in [0.717, 1.165) is 25.1 Å². The molecule has 1 unspecified atom stereocenters. The minimum Gasteiger partial charge on any atom is -0.339 e. The topological polar surface area (TPSA) is 76.7 Å². The zero-order chi connectivity index (χ0) is 24.8. The van der Waals surface area contributed by atoms with E-state index in [1.54, 1.807) is 4.90 Å². The maximum atomic E-state index is 13.2. The van der Waals surface area contributed by atoms with Gasteiger partial charge in [0.15, 0.2) is 0 Å². The second-order valence-corrected chi connectivity index (χ2v) is 9.32. The van der Waals surface area contributed by atoms with Crippen LogP contribution in [0.3, 0.4) is 0 Å². The van der Waals surface area contributed by atoms with Crippen molar-refractivity contribution in [2.75, 3.05) is 52.9 Å². The summed E-state index contributed by atoms with van der Waals surface area (Å²) in [6.45, 7) is 4.45. The van der Waals surface area contributed by atoms with Gasteiger partial charge in [-0.1, -0.05) is 12.1 Å². The first kappa shape index (κ1) is 25.2. The van der Waals surface area contributed by atoms with Crippen LogP contribution in [0.4, 0.5) is 8.78 Å². The van der Waals surface area contributed by atoms with Crippen LogP contribution < -0.4 is 16.0 Å². The SMILES string of the molecule is CN1CCN(C(=O)[C@H](CNCCNC2C[C@H]2c2ccc(F)cc2)NC(=O)c2ccc(F)cc2)CC1. The molecule has 2 aliphatic rings. The first-order valence-corrected chi connectivity index (χ1v) is 12.1. The van der Waals surface area contributed by atoms with Gasteiger partial charge in [-0.2, -0.15) is 0 Å². The normalized spacial score (nSPS) is 20.9. The Balaban J connectivity index is 1.26. The molecule has 188 valence electrons. The lowest BCUT2D eigenvalue weighted by atomic mass is 10.1.